The minimum atomic E-state index is 0.154. The molecule has 0 N–H and O–H groups in total. The average molecular weight is 365 g/mol. The molecule has 0 aliphatic carbocycles. The molecule has 0 aromatic heterocycles. The third kappa shape index (κ3) is 2.81. The highest BCUT2D eigenvalue weighted by Gasteiger charge is 2.37. The summed E-state index contributed by atoms with van der Waals surface area (Å²) in [5.74, 6) is 0. The van der Waals surface area contributed by atoms with Crippen molar-refractivity contribution >= 4 is 56.8 Å². The molecule has 0 radical (unpaired) electrons. The van der Waals surface area contributed by atoms with Gasteiger partial charge >= 0.3 is 0 Å². The maximum absolute atomic E-state index is 5.93. The molecule has 4 rings (SSSR count). The Balaban J connectivity index is 1.53. The van der Waals surface area contributed by atoms with E-state index in [1.807, 2.05) is 48.5 Å². The number of fused-ring (bicyclic) bond motifs is 1. The van der Waals surface area contributed by atoms with Crippen molar-refractivity contribution in [2.75, 3.05) is 0 Å². The zero-order valence-corrected chi connectivity index (χ0v) is 14.4. The summed E-state index contributed by atoms with van der Waals surface area (Å²) in [5.41, 5.74) is 2.21. The van der Waals surface area contributed by atoms with Gasteiger partial charge in [-0.05, 0) is 24.3 Å². The minimum Gasteiger partial charge on any atom is -0.260 e. The Labute approximate surface area is 147 Å². The van der Waals surface area contributed by atoms with Gasteiger partial charge < -0.3 is 0 Å². The summed E-state index contributed by atoms with van der Waals surface area (Å²) in [6.45, 7) is 0. The highest BCUT2D eigenvalue weighted by Crippen LogP contribution is 2.43. The largest absolute Gasteiger partial charge is 0.260 e. The lowest BCUT2D eigenvalue weighted by atomic mass is 10.2. The van der Waals surface area contributed by atoms with Crippen LogP contribution in [-0.4, -0.2) is 20.8 Å². The van der Waals surface area contributed by atoms with Crippen LogP contribution >= 0.6 is 46.7 Å². The van der Waals surface area contributed by atoms with E-state index < -0.39 is 0 Å². The van der Waals surface area contributed by atoms with Gasteiger partial charge in [0.2, 0.25) is 0 Å². The number of benzene rings is 2. The molecule has 2 aromatic rings. The minimum absolute atomic E-state index is 0.154. The fraction of sp³-hybridized carbons (Fsp3) is 0.125. The van der Waals surface area contributed by atoms with E-state index >= 15 is 0 Å². The van der Waals surface area contributed by atoms with Crippen molar-refractivity contribution in [3.05, 3.63) is 69.7 Å². The van der Waals surface area contributed by atoms with Crippen LogP contribution in [0, 0.1) is 0 Å². The molecule has 110 valence electrons. The molecular weight excluding hydrogens is 355 g/mol. The number of halogens is 2. The quantitative estimate of drug-likeness (QED) is 0.718. The summed E-state index contributed by atoms with van der Waals surface area (Å²) in [6.07, 6.45) is 0. The first-order valence-electron chi connectivity index (χ1n) is 6.70. The van der Waals surface area contributed by atoms with Crippen LogP contribution in [0.25, 0.3) is 0 Å². The maximum atomic E-state index is 5.93. The lowest BCUT2D eigenvalue weighted by Gasteiger charge is -2.03. The van der Waals surface area contributed by atoms with E-state index in [0.29, 0.717) is 0 Å². The van der Waals surface area contributed by atoms with Crippen molar-refractivity contribution in [3.63, 3.8) is 0 Å². The van der Waals surface area contributed by atoms with E-state index in [0.717, 1.165) is 31.3 Å². The average Bonchev–Trinajstić information content (AvgIpc) is 3.07. The summed E-state index contributed by atoms with van der Waals surface area (Å²) < 4.78 is 0. The molecule has 2 aliphatic heterocycles. The van der Waals surface area contributed by atoms with Crippen LogP contribution in [0.15, 0.2) is 58.5 Å². The number of hydrogen-bond donors (Lipinski definition) is 0. The molecule has 2 nitrogen and oxygen atoms in total. The molecule has 2 aliphatic rings. The number of hydrogen-bond acceptors (Lipinski definition) is 4. The second-order valence-electron chi connectivity index (χ2n) is 4.90. The summed E-state index contributed by atoms with van der Waals surface area (Å²) in [5, 5.41) is 3.87. The second kappa shape index (κ2) is 5.93. The van der Waals surface area contributed by atoms with Gasteiger partial charge in [0.15, 0.2) is 0 Å². The molecule has 2 atom stereocenters. The lowest BCUT2D eigenvalue weighted by molar-refractivity contribution is 0.898. The van der Waals surface area contributed by atoms with Crippen LogP contribution in [0.2, 0.25) is 10.0 Å². The monoisotopic (exact) mass is 364 g/mol. The molecule has 0 saturated carbocycles. The molecule has 0 saturated heterocycles. The fourth-order valence-electron chi connectivity index (χ4n) is 2.29. The molecule has 0 amide bonds. The normalized spacial score (nSPS) is 23.2. The summed E-state index contributed by atoms with van der Waals surface area (Å²) in [4.78, 5) is 9.60. The number of rotatable bonds is 2. The van der Waals surface area contributed by atoms with Gasteiger partial charge in [-0.3, -0.25) is 9.98 Å². The molecule has 6 heteroatoms. The lowest BCUT2D eigenvalue weighted by Crippen LogP contribution is -2.03. The van der Waals surface area contributed by atoms with Crippen molar-refractivity contribution in [1.29, 1.82) is 0 Å². The molecule has 0 unspecified atom stereocenters. The highest BCUT2D eigenvalue weighted by molar-refractivity contribution is 8.20. The maximum Gasteiger partial charge on any atom is 0.134 e. The third-order valence-electron chi connectivity index (χ3n) is 3.38. The third-order valence-corrected chi connectivity index (χ3v) is 6.39. The molecule has 2 heterocycles. The molecule has 0 spiro atoms. The van der Waals surface area contributed by atoms with Crippen molar-refractivity contribution < 1.29 is 0 Å². The van der Waals surface area contributed by atoms with Crippen molar-refractivity contribution in [3.8, 4) is 0 Å². The van der Waals surface area contributed by atoms with Gasteiger partial charge in [-0.25, -0.2) is 0 Å². The van der Waals surface area contributed by atoms with Crippen LogP contribution in [-0.2, 0) is 0 Å². The molecular formula is C16H10Cl2N2S2. The van der Waals surface area contributed by atoms with Crippen LogP contribution in [0.1, 0.15) is 11.1 Å². The van der Waals surface area contributed by atoms with Gasteiger partial charge in [0.1, 0.15) is 20.8 Å². The van der Waals surface area contributed by atoms with E-state index in [2.05, 4.69) is 0 Å². The van der Waals surface area contributed by atoms with E-state index in [4.69, 9.17) is 33.2 Å². The molecule has 0 fully saturated rings. The van der Waals surface area contributed by atoms with Crippen LogP contribution in [0.5, 0.6) is 0 Å². The van der Waals surface area contributed by atoms with E-state index in [1.54, 1.807) is 23.5 Å². The van der Waals surface area contributed by atoms with Gasteiger partial charge in [-0.15, -0.1) is 0 Å². The van der Waals surface area contributed by atoms with Gasteiger partial charge in [0.05, 0.1) is 0 Å². The van der Waals surface area contributed by atoms with Crippen LogP contribution in [0.4, 0.5) is 0 Å². The molecule has 22 heavy (non-hydrogen) atoms. The summed E-state index contributed by atoms with van der Waals surface area (Å²) >= 11 is 15.3. The number of thioether (sulfide) groups is 2. The Morgan fingerprint density at radius 3 is 1.36 bits per heavy atom. The summed E-state index contributed by atoms with van der Waals surface area (Å²) in [6, 6.07) is 15.6. The van der Waals surface area contributed by atoms with Crippen LogP contribution < -0.4 is 0 Å². The highest BCUT2D eigenvalue weighted by atomic mass is 35.5. The smallest absolute Gasteiger partial charge is 0.134 e. The predicted molar refractivity (Wildman–Crippen MR) is 98.7 cm³/mol. The van der Waals surface area contributed by atoms with Crippen LogP contribution in [0.3, 0.4) is 0 Å². The Morgan fingerprint density at radius 2 is 1.00 bits per heavy atom. The van der Waals surface area contributed by atoms with E-state index in [1.165, 1.54) is 0 Å². The Morgan fingerprint density at radius 1 is 0.636 bits per heavy atom. The number of nitrogens with zero attached hydrogens (tertiary/aromatic N) is 2. The van der Waals surface area contributed by atoms with Crippen molar-refractivity contribution in [2.45, 2.75) is 10.7 Å². The topological polar surface area (TPSA) is 24.7 Å². The summed E-state index contributed by atoms with van der Waals surface area (Å²) in [7, 11) is 0. The van der Waals surface area contributed by atoms with Gasteiger partial charge in [0.25, 0.3) is 0 Å². The van der Waals surface area contributed by atoms with Gasteiger partial charge in [0, 0.05) is 21.2 Å². The second-order valence-corrected chi connectivity index (χ2v) is 7.98. The Bertz CT molecular complexity index is 702. The van der Waals surface area contributed by atoms with E-state index in [9.17, 15) is 0 Å². The standard InChI is InChI=1S/C16H10Cl2N2S2/c17-11-5-1-9(2-6-11)13-19-15-16(21-13)20-14(22-15)10-3-7-12(18)8-4-10/h1-8,15-16H/t15-,16-/m1/s1. The van der Waals surface area contributed by atoms with Gasteiger partial charge in [-0.1, -0.05) is 71.0 Å². The number of aliphatic imine (C=N–C) groups is 2. The zero-order chi connectivity index (χ0) is 15.1. The first kappa shape index (κ1) is 14.6. The van der Waals surface area contributed by atoms with Gasteiger partial charge in [-0.2, -0.15) is 0 Å². The fourth-order valence-corrected chi connectivity index (χ4v) is 5.03. The molecule has 2 aromatic carbocycles. The first-order chi connectivity index (χ1) is 10.7. The first-order valence-corrected chi connectivity index (χ1v) is 9.21. The van der Waals surface area contributed by atoms with E-state index in [-0.39, 0.29) is 10.7 Å². The zero-order valence-electron chi connectivity index (χ0n) is 11.2. The Hall–Kier alpha value is -0.940. The Kier molecular flexibility index (Phi) is 3.95. The SMILES string of the molecule is Clc1ccc(C2=N[C@@H]3SC(c4ccc(Cl)cc4)=N[C@@H]3S2)cc1. The van der Waals surface area contributed by atoms with Crippen molar-refractivity contribution in [1.82, 2.24) is 0 Å². The van der Waals surface area contributed by atoms with Crippen molar-refractivity contribution in [2.24, 2.45) is 9.98 Å². The predicted octanol–water partition coefficient (Wildman–Crippen LogP) is 5.33. The molecule has 0 bridgehead atoms.